The first-order valence-corrected chi connectivity index (χ1v) is 11.0. The number of fused-ring (bicyclic) bond motifs is 2. The van der Waals surface area contributed by atoms with Crippen LogP contribution in [-0.2, 0) is 9.47 Å². The van der Waals surface area contributed by atoms with Gasteiger partial charge in [-0.3, -0.25) is 0 Å². The SMILES string of the molecule is OC[C@@H]1O[C@H](c2ccc3c(c2)O[B-]2(O3)Oc3ccc([C@H]4C[C@H](O)[C@@H](CO)O4)cc3O2)C[C@H]1O. The number of aliphatic hydroxyl groups is 4. The van der Waals surface area contributed by atoms with Crippen molar-refractivity contribution in [2.75, 3.05) is 13.2 Å². The normalized spacial score (nSPS) is 36.1. The second-order valence-corrected chi connectivity index (χ2v) is 8.76. The average molecular weight is 459 g/mol. The number of hydrogen-bond donors (Lipinski definition) is 4. The lowest BCUT2D eigenvalue weighted by Gasteiger charge is -2.27. The minimum Gasteiger partial charge on any atom is -0.609 e. The third-order valence-corrected chi connectivity index (χ3v) is 6.57. The van der Waals surface area contributed by atoms with E-state index in [1.807, 2.05) is 12.1 Å². The lowest BCUT2D eigenvalue weighted by molar-refractivity contribution is -0.0225. The van der Waals surface area contributed by atoms with Gasteiger partial charge in [0.25, 0.3) is 0 Å². The van der Waals surface area contributed by atoms with Gasteiger partial charge in [0, 0.05) is 12.8 Å². The monoisotopic (exact) mass is 459 g/mol. The molecule has 2 aromatic rings. The predicted molar refractivity (Wildman–Crippen MR) is 112 cm³/mol. The first kappa shape index (κ1) is 21.0. The molecule has 0 aromatic heterocycles. The molecular formula is C22H24BO10-. The zero-order chi connectivity index (χ0) is 22.7. The summed E-state index contributed by atoms with van der Waals surface area (Å²) in [6.07, 6.45) is -2.69. The Morgan fingerprint density at radius 1 is 0.667 bits per heavy atom. The molecule has 0 saturated carbocycles. The van der Waals surface area contributed by atoms with Crippen molar-refractivity contribution < 1.29 is 48.5 Å². The molecule has 7 atom stereocenters. The highest BCUT2D eigenvalue weighted by atomic mass is 16.9. The minimum absolute atomic E-state index is 0.248. The van der Waals surface area contributed by atoms with E-state index in [0.717, 1.165) is 11.1 Å². The third-order valence-electron chi connectivity index (χ3n) is 6.57. The summed E-state index contributed by atoms with van der Waals surface area (Å²) in [5, 5.41) is 38.7. The van der Waals surface area contributed by atoms with Gasteiger partial charge in [-0.05, 0) is 35.4 Å². The Kier molecular flexibility index (Phi) is 4.95. The quantitative estimate of drug-likeness (QED) is 0.485. The van der Waals surface area contributed by atoms with Crippen LogP contribution in [0.15, 0.2) is 36.4 Å². The van der Waals surface area contributed by atoms with Crippen LogP contribution in [-0.4, -0.2) is 65.0 Å². The topological polar surface area (TPSA) is 136 Å². The van der Waals surface area contributed by atoms with Crippen molar-refractivity contribution in [2.24, 2.45) is 0 Å². The molecule has 0 aliphatic carbocycles. The summed E-state index contributed by atoms with van der Waals surface area (Å²) in [4.78, 5) is 0. The van der Waals surface area contributed by atoms with Crippen LogP contribution in [0.2, 0.25) is 0 Å². The first-order valence-electron chi connectivity index (χ1n) is 11.0. The van der Waals surface area contributed by atoms with Crippen LogP contribution in [0.25, 0.3) is 0 Å². The Morgan fingerprint density at radius 2 is 1.09 bits per heavy atom. The fourth-order valence-corrected chi connectivity index (χ4v) is 4.81. The van der Waals surface area contributed by atoms with Gasteiger partial charge in [-0.1, -0.05) is 12.1 Å². The van der Waals surface area contributed by atoms with Gasteiger partial charge in [0.1, 0.15) is 35.2 Å². The summed E-state index contributed by atoms with van der Waals surface area (Å²) in [7, 11) is 0. The molecule has 4 heterocycles. The molecule has 4 aliphatic rings. The predicted octanol–water partition coefficient (Wildman–Crippen LogP) is 0.731. The van der Waals surface area contributed by atoms with E-state index in [2.05, 4.69) is 0 Å². The zero-order valence-electron chi connectivity index (χ0n) is 17.6. The Morgan fingerprint density at radius 3 is 1.48 bits per heavy atom. The zero-order valence-corrected chi connectivity index (χ0v) is 17.6. The molecule has 176 valence electrons. The van der Waals surface area contributed by atoms with E-state index in [4.69, 9.17) is 28.1 Å². The Bertz CT molecular complexity index is 980. The number of hydrogen-bond acceptors (Lipinski definition) is 10. The summed E-state index contributed by atoms with van der Waals surface area (Å²) in [5.41, 5.74) is 1.57. The van der Waals surface area contributed by atoms with Gasteiger partial charge in [0.2, 0.25) is 0 Å². The van der Waals surface area contributed by atoms with Crippen molar-refractivity contribution in [3.8, 4) is 23.0 Å². The second kappa shape index (κ2) is 7.76. The number of benzene rings is 2. The molecule has 4 N–H and O–H groups in total. The van der Waals surface area contributed by atoms with Crippen LogP contribution < -0.4 is 18.6 Å². The number of aliphatic hydroxyl groups excluding tert-OH is 4. The summed E-state index contributed by atoms with van der Waals surface area (Å²) >= 11 is 0. The largest absolute Gasteiger partial charge is 0.777 e. The number of rotatable bonds is 4. The van der Waals surface area contributed by atoms with E-state index in [1.54, 1.807) is 24.3 Å². The van der Waals surface area contributed by atoms with Crippen molar-refractivity contribution in [3.05, 3.63) is 47.5 Å². The summed E-state index contributed by atoms with van der Waals surface area (Å²) in [6.45, 7) is -3.07. The van der Waals surface area contributed by atoms with E-state index in [-0.39, 0.29) is 25.4 Å². The van der Waals surface area contributed by atoms with E-state index >= 15 is 0 Å². The maximum absolute atomic E-state index is 10.0. The number of ether oxygens (including phenoxy) is 2. The molecule has 0 radical (unpaired) electrons. The van der Waals surface area contributed by atoms with Crippen LogP contribution in [0.5, 0.6) is 23.0 Å². The average Bonchev–Trinajstić information content (AvgIpc) is 3.55. The van der Waals surface area contributed by atoms with E-state index in [0.29, 0.717) is 35.8 Å². The molecule has 1 spiro atoms. The van der Waals surface area contributed by atoms with Gasteiger partial charge in [-0.2, -0.15) is 0 Å². The van der Waals surface area contributed by atoms with Crippen molar-refractivity contribution in [1.82, 2.24) is 0 Å². The highest BCUT2D eigenvalue weighted by Crippen LogP contribution is 2.48. The Labute approximate surface area is 189 Å². The minimum atomic E-state index is -2.58. The highest BCUT2D eigenvalue weighted by Gasteiger charge is 2.52. The van der Waals surface area contributed by atoms with Gasteiger partial charge in [-0.15, -0.1) is 0 Å². The molecule has 0 bridgehead atoms. The Balaban J connectivity index is 1.18. The van der Waals surface area contributed by atoms with Crippen molar-refractivity contribution in [2.45, 2.75) is 49.5 Å². The van der Waals surface area contributed by atoms with Crippen LogP contribution in [0, 0.1) is 0 Å². The molecule has 1 unspecified atom stereocenters. The van der Waals surface area contributed by atoms with E-state index in [1.165, 1.54) is 0 Å². The maximum atomic E-state index is 10.0. The molecule has 33 heavy (non-hydrogen) atoms. The van der Waals surface area contributed by atoms with Crippen LogP contribution in [0.4, 0.5) is 0 Å². The van der Waals surface area contributed by atoms with Crippen LogP contribution in [0.3, 0.4) is 0 Å². The van der Waals surface area contributed by atoms with Gasteiger partial charge in [0.15, 0.2) is 0 Å². The molecule has 2 saturated heterocycles. The molecule has 10 nitrogen and oxygen atoms in total. The molecule has 0 amide bonds. The summed E-state index contributed by atoms with van der Waals surface area (Å²) in [6, 6.07) is 10.6. The maximum Gasteiger partial charge on any atom is 0.777 e. The summed E-state index contributed by atoms with van der Waals surface area (Å²) < 4.78 is 35.2. The van der Waals surface area contributed by atoms with E-state index < -0.39 is 31.4 Å². The second-order valence-electron chi connectivity index (χ2n) is 8.76. The van der Waals surface area contributed by atoms with Gasteiger partial charge >= 0.3 is 6.96 Å². The van der Waals surface area contributed by atoms with Gasteiger partial charge < -0.3 is 48.5 Å². The first-order chi connectivity index (χ1) is 16.0. The third kappa shape index (κ3) is 3.52. The Hall–Kier alpha value is -2.54. The molecule has 2 aromatic carbocycles. The van der Waals surface area contributed by atoms with Crippen molar-refractivity contribution in [3.63, 3.8) is 0 Å². The molecule has 2 fully saturated rings. The smallest absolute Gasteiger partial charge is 0.609 e. The summed E-state index contributed by atoms with van der Waals surface area (Å²) in [5.74, 6) is 1.77. The van der Waals surface area contributed by atoms with Crippen LogP contribution >= 0.6 is 0 Å². The molecule has 4 aliphatic heterocycles. The molecule has 11 heteroatoms. The lowest BCUT2D eigenvalue weighted by atomic mass is 10.0. The van der Waals surface area contributed by atoms with E-state index in [9.17, 15) is 20.4 Å². The lowest BCUT2D eigenvalue weighted by Crippen LogP contribution is -2.54. The standard InChI is InChI=1S/C22H24BO10/c24-9-21-13(26)7-17(28-21)11-1-3-15-19(5-11)32-23(30-15)31-16-4-2-12(6-20(16)33-23)18-8-14(27)22(10-25)29-18/h1-6,13-14,17-18,21-22,24-27H,7-10H2/q-1/t13-,14+,17+,18-,21+,22-,23?. The fraction of sp³-hybridized carbons (Fsp3) is 0.455. The van der Waals surface area contributed by atoms with Gasteiger partial charge in [-0.25, -0.2) is 0 Å². The highest BCUT2D eigenvalue weighted by molar-refractivity contribution is 6.59. The molecule has 6 rings (SSSR count). The molecular weight excluding hydrogens is 435 g/mol. The van der Waals surface area contributed by atoms with Crippen LogP contribution in [0.1, 0.15) is 36.2 Å². The van der Waals surface area contributed by atoms with Crippen molar-refractivity contribution >= 4 is 6.96 Å². The fourth-order valence-electron chi connectivity index (χ4n) is 4.81. The van der Waals surface area contributed by atoms with Gasteiger partial charge in [0.05, 0.1) is 37.6 Å². The van der Waals surface area contributed by atoms with Crippen molar-refractivity contribution in [1.29, 1.82) is 0 Å².